The Labute approximate surface area is 200 Å². The minimum Gasteiger partial charge on any atom is -0.330 e. The third-order valence-corrected chi connectivity index (χ3v) is 8.22. The minimum absolute atomic E-state index is 0. The number of halogens is 1. The second kappa shape index (κ2) is 10.6. The van der Waals surface area contributed by atoms with Crippen molar-refractivity contribution < 1.29 is 8.42 Å². The molecule has 0 N–H and O–H groups in total. The predicted octanol–water partition coefficient (Wildman–Crippen LogP) is 5.60. The minimum atomic E-state index is -3.67. The van der Waals surface area contributed by atoms with Crippen LogP contribution in [-0.2, 0) is 16.4 Å². The molecule has 168 valence electrons. The van der Waals surface area contributed by atoms with Crippen LogP contribution in [0.15, 0.2) is 99.7 Å². The van der Waals surface area contributed by atoms with Gasteiger partial charge in [-0.1, -0.05) is 66.7 Å². The topological polar surface area (TPSA) is 42.3 Å². The Bertz CT molecular complexity index is 1270. The molecule has 32 heavy (non-hydrogen) atoms. The summed E-state index contributed by atoms with van der Waals surface area (Å²) in [5.41, 5.74) is 2.08. The van der Waals surface area contributed by atoms with E-state index in [1.807, 2.05) is 62.6 Å². The fourth-order valence-electron chi connectivity index (χ4n) is 3.62. The van der Waals surface area contributed by atoms with Gasteiger partial charge in [-0.3, -0.25) is 0 Å². The Kier molecular flexibility index (Phi) is 8.06. The summed E-state index contributed by atoms with van der Waals surface area (Å²) < 4.78 is 29.7. The summed E-state index contributed by atoms with van der Waals surface area (Å²) in [7, 11) is 0.385. The molecular weight excluding hydrogens is 460 g/mol. The van der Waals surface area contributed by atoms with E-state index >= 15 is 0 Å². The number of sulfone groups is 1. The number of hydrogen-bond acceptors (Lipinski definition) is 4. The van der Waals surface area contributed by atoms with Crippen LogP contribution in [0, 0.1) is 0 Å². The number of benzene rings is 3. The zero-order valence-electron chi connectivity index (χ0n) is 18.1. The second-order valence-electron chi connectivity index (χ2n) is 7.69. The Morgan fingerprint density at radius 3 is 2.09 bits per heavy atom. The molecule has 4 nitrogen and oxygen atoms in total. The molecule has 1 heterocycles. The van der Waals surface area contributed by atoms with Crippen LogP contribution in [0.2, 0.25) is 0 Å². The van der Waals surface area contributed by atoms with E-state index in [2.05, 4.69) is 21.6 Å². The highest BCUT2D eigenvalue weighted by molar-refractivity contribution is 8.00. The smallest absolute Gasteiger partial charge is 0.209 e. The van der Waals surface area contributed by atoms with Gasteiger partial charge in [0.2, 0.25) is 9.84 Å². The molecule has 0 radical (unpaired) electrons. The summed E-state index contributed by atoms with van der Waals surface area (Å²) in [5.74, 6) is 0.801. The number of aromatic nitrogens is 1. The highest BCUT2D eigenvalue weighted by Crippen LogP contribution is 2.39. The molecule has 0 unspecified atom stereocenters. The zero-order chi connectivity index (χ0) is 21.8. The van der Waals surface area contributed by atoms with Gasteiger partial charge in [-0.15, -0.1) is 24.2 Å². The maximum Gasteiger partial charge on any atom is 0.209 e. The lowest BCUT2D eigenvalue weighted by molar-refractivity contribution is 0.437. The van der Waals surface area contributed by atoms with Gasteiger partial charge >= 0.3 is 0 Å². The monoisotopic (exact) mass is 486 g/mol. The van der Waals surface area contributed by atoms with Crippen molar-refractivity contribution in [3.63, 3.8) is 0 Å². The van der Waals surface area contributed by atoms with Crippen LogP contribution in [0.4, 0.5) is 0 Å². The summed E-state index contributed by atoms with van der Waals surface area (Å²) >= 11 is 1.61. The summed E-state index contributed by atoms with van der Waals surface area (Å²) in [6.45, 7) is 1.48. The third-order valence-electron chi connectivity index (χ3n) is 5.16. The van der Waals surface area contributed by atoms with Crippen molar-refractivity contribution in [2.45, 2.75) is 21.4 Å². The molecule has 0 atom stereocenters. The first-order valence-electron chi connectivity index (χ1n) is 10.2. The lowest BCUT2D eigenvalue weighted by Gasteiger charge is -2.14. The number of para-hydroxylation sites is 1. The maximum absolute atomic E-state index is 13.8. The van der Waals surface area contributed by atoms with E-state index < -0.39 is 9.84 Å². The maximum atomic E-state index is 13.8. The highest BCUT2D eigenvalue weighted by Gasteiger charge is 2.29. The van der Waals surface area contributed by atoms with Crippen LogP contribution >= 0.6 is 24.2 Å². The van der Waals surface area contributed by atoms with Crippen LogP contribution in [0.5, 0.6) is 0 Å². The van der Waals surface area contributed by atoms with Gasteiger partial charge in [0, 0.05) is 24.2 Å². The lowest BCUT2D eigenvalue weighted by Crippen LogP contribution is -2.15. The lowest BCUT2D eigenvalue weighted by atomic mass is 10.2. The summed E-state index contributed by atoms with van der Waals surface area (Å²) in [4.78, 5) is 2.85. The normalized spacial score (nSPS) is 11.6. The van der Waals surface area contributed by atoms with E-state index in [9.17, 15) is 8.42 Å². The number of nitrogens with zero attached hydrogens (tertiary/aromatic N) is 2. The molecule has 0 aliphatic rings. The molecule has 0 aliphatic heterocycles. The summed E-state index contributed by atoms with van der Waals surface area (Å²) in [6.07, 6.45) is 0. The van der Waals surface area contributed by atoms with Gasteiger partial charge in [0.25, 0.3) is 0 Å². The van der Waals surface area contributed by atoms with E-state index in [-0.39, 0.29) is 12.4 Å². The molecule has 0 aliphatic carbocycles. The van der Waals surface area contributed by atoms with E-state index in [1.165, 1.54) is 0 Å². The first kappa shape index (κ1) is 24.4. The van der Waals surface area contributed by atoms with Crippen molar-refractivity contribution in [1.29, 1.82) is 0 Å². The SMILES string of the molecule is CN(C)CCSc1c(S(=O)(=O)c2ccccc2)c2ccccc2n1Cc1ccccc1.Cl. The number of thioether (sulfide) groups is 1. The van der Waals surface area contributed by atoms with Gasteiger partial charge in [0.05, 0.1) is 15.4 Å². The predicted molar refractivity (Wildman–Crippen MR) is 136 cm³/mol. The van der Waals surface area contributed by atoms with Crippen LogP contribution in [-0.4, -0.2) is 44.3 Å². The number of hydrogen-bond donors (Lipinski definition) is 0. The average molecular weight is 487 g/mol. The molecule has 0 fully saturated rings. The average Bonchev–Trinajstić information content (AvgIpc) is 3.09. The van der Waals surface area contributed by atoms with Crippen LogP contribution < -0.4 is 0 Å². The van der Waals surface area contributed by atoms with E-state index in [0.717, 1.165) is 33.8 Å². The fraction of sp³-hybridized carbons (Fsp3) is 0.200. The van der Waals surface area contributed by atoms with Crippen molar-refractivity contribution >= 4 is 44.9 Å². The molecule has 4 aromatic rings. The van der Waals surface area contributed by atoms with E-state index in [0.29, 0.717) is 16.3 Å². The number of rotatable bonds is 8. The quantitative estimate of drug-likeness (QED) is 0.304. The van der Waals surface area contributed by atoms with E-state index in [4.69, 9.17) is 0 Å². The van der Waals surface area contributed by atoms with Crippen LogP contribution in [0.3, 0.4) is 0 Å². The zero-order valence-corrected chi connectivity index (χ0v) is 20.6. The van der Waals surface area contributed by atoms with Gasteiger partial charge in [-0.05, 0) is 37.9 Å². The molecule has 7 heteroatoms. The van der Waals surface area contributed by atoms with Crippen LogP contribution in [0.25, 0.3) is 10.9 Å². The first-order chi connectivity index (χ1) is 15.0. The Morgan fingerprint density at radius 2 is 1.44 bits per heavy atom. The fourth-order valence-corrected chi connectivity index (χ4v) is 6.89. The van der Waals surface area contributed by atoms with E-state index in [1.54, 1.807) is 36.0 Å². The van der Waals surface area contributed by atoms with Crippen molar-refractivity contribution in [1.82, 2.24) is 9.47 Å². The van der Waals surface area contributed by atoms with Gasteiger partial charge in [-0.2, -0.15) is 0 Å². The van der Waals surface area contributed by atoms with Crippen molar-refractivity contribution in [2.75, 3.05) is 26.4 Å². The molecule has 0 spiro atoms. The molecule has 3 aromatic carbocycles. The summed E-state index contributed by atoms with van der Waals surface area (Å²) in [6, 6.07) is 26.7. The second-order valence-corrected chi connectivity index (χ2v) is 10.7. The largest absolute Gasteiger partial charge is 0.330 e. The van der Waals surface area contributed by atoms with Crippen molar-refractivity contribution in [3.8, 4) is 0 Å². The first-order valence-corrected chi connectivity index (χ1v) is 12.7. The molecule has 0 saturated heterocycles. The van der Waals surface area contributed by atoms with Gasteiger partial charge in [0.15, 0.2) is 0 Å². The Hall–Kier alpha value is -2.25. The molecule has 0 amide bonds. The molecular formula is C25H27ClN2O2S2. The Morgan fingerprint density at radius 1 is 0.844 bits per heavy atom. The molecule has 0 bridgehead atoms. The van der Waals surface area contributed by atoms with Gasteiger partial charge in [0.1, 0.15) is 4.90 Å². The molecule has 0 saturated carbocycles. The van der Waals surface area contributed by atoms with Gasteiger partial charge in [-0.25, -0.2) is 8.42 Å². The van der Waals surface area contributed by atoms with Crippen LogP contribution in [0.1, 0.15) is 5.56 Å². The summed E-state index contributed by atoms with van der Waals surface area (Å²) in [5, 5.41) is 1.57. The molecule has 1 aromatic heterocycles. The van der Waals surface area contributed by atoms with Crippen molar-refractivity contribution in [3.05, 3.63) is 90.5 Å². The Balaban J connectivity index is 0.00000289. The third kappa shape index (κ3) is 5.04. The van der Waals surface area contributed by atoms with Gasteiger partial charge < -0.3 is 9.47 Å². The highest BCUT2D eigenvalue weighted by atomic mass is 35.5. The number of fused-ring (bicyclic) bond motifs is 1. The van der Waals surface area contributed by atoms with Crippen molar-refractivity contribution in [2.24, 2.45) is 0 Å². The molecule has 4 rings (SSSR count). The standard InChI is InChI=1S/C25H26N2O2S2.ClH/c1-26(2)17-18-30-25-24(31(28,29)21-13-7-4-8-14-21)22-15-9-10-16-23(22)27(25)19-20-11-5-3-6-12-20;/h3-16H,17-19H2,1-2H3;1H.